The third kappa shape index (κ3) is 2.41. The number of aromatic nitrogens is 3. The topological polar surface area (TPSA) is 56.7 Å². The van der Waals surface area contributed by atoms with Gasteiger partial charge < -0.3 is 10.3 Å². The normalized spacial score (nSPS) is 12.6. The molecule has 0 aliphatic carbocycles. The molecule has 0 radical (unpaired) electrons. The van der Waals surface area contributed by atoms with Crippen molar-refractivity contribution in [3.05, 3.63) is 48.5 Å². The van der Waals surface area contributed by atoms with Crippen LogP contribution in [0.4, 0.5) is 0 Å². The van der Waals surface area contributed by atoms with Crippen LogP contribution in [-0.4, -0.2) is 21.3 Å². The Balaban J connectivity index is 2.10. The van der Waals surface area contributed by atoms with Gasteiger partial charge in [-0.25, -0.2) is 0 Å². The molecule has 1 atom stereocenters. The van der Waals surface area contributed by atoms with Crippen LogP contribution in [0.2, 0.25) is 0 Å². The van der Waals surface area contributed by atoms with Crippen LogP contribution in [-0.2, 0) is 6.42 Å². The average molecular weight is 202 g/mol. The number of nitrogens with two attached hydrogens (primary N) is 1. The maximum Gasteiger partial charge on any atom is 0.119 e. The van der Waals surface area contributed by atoms with Crippen LogP contribution >= 0.6 is 0 Å². The van der Waals surface area contributed by atoms with Crippen LogP contribution in [0.3, 0.4) is 0 Å². The monoisotopic (exact) mass is 202 g/mol. The van der Waals surface area contributed by atoms with Gasteiger partial charge >= 0.3 is 0 Å². The van der Waals surface area contributed by atoms with Crippen molar-refractivity contribution in [3.8, 4) is 0 Å². The number of nitrogens with zero attached hydrogens (tertiary/aromatic N) is 3. The molecule has 2 aromatic rings. The summed E-state index contributed by atoms with van der Waals surface area (Å²) in [6.07, 6.45) is 4.33. The molecule has 0 aliphatic heterocycles. The average Bonchev–Trinajstić information content (AvgIpc) is 2.81. The Morgan fingerprint density at radius 3 is 2.40 bits per heavy atom. The summed E-state index contributed by atoms with van der Waals surface area (Å²) in [5, 5.41) is 7.58. The summed E-state index contributed by atoms with van der Waals surface area (Å²) >= 11 is 0. The third-order valence-corrected chi connectivity index (χ3v) is 2.44. The van der Waals surface area contributed by atoms with E-state index in [4.69, 9.17) is 5.73 Å². The van der Waals surface area contributed by atoms with Crippen molar-refractivity contribution in [1.29, 1.82) is 0 Å². The van der Waals surface area contributed by atoms with Crippen LogP contribution < -0.4 is 5.73 Å². The molecule has 1 unspecified atom stereocenters. The van der Waals surface area contributed by atoms with Crippen LogP contribution in [0, 0.1) is 0 Å². The maximum absolute atomic E-state index is 5.74. The van der Waals surface area contributed by atoms with E-state index in [1.54, 1.807) is 12.7 Å². The van der Waals surface area contributed by atoms with E-state index in [1.807, 2.05) is 22.8 Å². The first-order valence-electron chi connectivity index (χ1n) is 4.98. The van der Waals surface area contributed by atoms with Crippen molar-refractivity contribution < 1.29 is 0 Å². The van der Waals surface area contributed by atoms with Gasteiger partial charge in [-0.3, -0.25) is 0 Å². The van der Waals surface area contributed by atoms with Crippen molar-refractivity contribution in [2.24, 2.45) is 5.73 Å². The third-order valence-electron chi connectivity index (χ3n) is 2.44. The Hall–Kier alpha value is -1.68. The lowest BCUT2D eigenvalue weighted by Gasteiger charge is -2.15. The quantitative estimate of drug-likeness (QED) is 0.805. The van der Waals surface area contributed by atoms with E-state index in [0.717, 1.165) is 6.42 Å². The zero-order chi connectivity index (χ0) is 10.5. The molecule has 0 aliphatic rings. The van der Waals surface area contributed by atoms with Gasteiger partial charge in [0.15, 0.2) is 0 Å². The van der Waals surface area contributed by atoms with Crippen molar-refractivity contribution in [2.75, 3.05) is 6.54 Å². The van der Waals surface area contributed by atoms with Gasteiger partial charge in [-0.05, 0) is 12.0 Å². The van der Waals surface area contributed by atoms with E-state index in [0.29, 0.717) is 6.54 Å². The largest absolute Gasteiger partial charge is 0.328 e. The molecular formula is C11H14N4. The number of rotatable bonds is 4. The molecule has 2 N–H and O–H groups in total. The minimum absolute atomic E-state index is 0.238. The molecule has 4 nitrogen and oxygen atoms in total. The molecule has 15 heavy (non-hydrogen) atoms. The molecule has 1 aromatic carbocycles. The predicted molar refractivity (Wildman–Crippen MR) is 58.3 cm³/mol. The summed E-state index contributed by atoms with van der Waals surface area (Å²) in [5.41, 5.74) is 7.01. The first-order chi connectivity index (χ1) is 7.40. The van der Waals surface area contributed by atoms with Crippen molar-refractivity contribution in [3.63, 3.8) is 0 Å². The molecule has 0 saturated carbocycles. The summed E-state index contributed by atoms with van der Waals surface area (Å²) in [7, 11) is 0. The standard InChI is InChI=1S/C11H14N4/c12-7-11(15-8-13-14-9-15)6-10-4-2-1-3-5-10/h1-5,8-9,11H,6-7,12H2. The molecule has 1 aromatic heterocycles. The van der Waals surface area contributed by atoms with Gasteiger partial charge in [-0.15, -0.1) is 10.2 Å². The highest BCUT2D eigenvalue weighted by molar-refractivity contribution is 5.15. The van der Waals surface area contributed by atoms with Crippen LogP contribution in [0.15, 0.2) is 43.0 Å². The SMILES string of the molecule is NCC(Cc1ccccc1)n1cnnc1. The van der Waals surface area contributed by atoms with Gasteiger partial charge in [0.2, 0.25) is 0 Å². The number of benzene rings is 1. The van der Waals surface area contributed by atoms with Gasteiger partial charge in [-0.2, -0.15) is 0 Å². The lowest BCUT2D eigenvalue weighted by molar-refractivity contribution is 0.507. The minimum atomic E-state index is 0.238. The van der Waals surface area contributed by atoms with Gasteiger partial charge in [0.1, 0.15) is 12.7 Å². The molecule has 2 rings (SSSR count). The van der Waals surface area contributed by atoms with E-state index in [-0.39, 0.29) is 6.04 Å². The fourth-order valence-electron chi connectivity index (χ4n) is 1.59. The maximum atomic E-state index is 5.74. The summed E-state index contributed by atoms with van der Waals surface area (Å²) in [6, 6.07) is 10.5. The molecule has 0 spiro atoms. The highest BCUT2D eigenvalue weighted by Gasteiger charge is 2.08. The smallest absolute Gasteiger partial charge is 0.119 e. The first kappa shape index (κ1) is 9.86. The zero-order valence-electron chi connectivity index (χ0n) is 8.45. The summed E-state index contributed by atoms with van der Waals surface area (Å²) in [4.78, 5) is 0. The van der Waals surface area contributed by atoms with E-state index in [9.17, 15) is 0 Å². The molecule has 0 fully saturated rings. The van der Waals surface area contributed by atoms with Crippen molar-refractivity contribution in [2.45, 2.75) is 12.5 Å². The Morgan fingerprint density at radius 2 is 1.80 bits per heavy atom. The second-order valence-electron chi connectivity index (χ2n) is 3.49. The summed E-state index contributed by atoms with van der Waals surface area (Å²) in [5.74, 6) is 0. The number of hydrogen-bond donors (Lipinski definition) is 1. The fraction of sp³-hybridized carbons (Fsp3) is 0.273. The lowest BCUT2D eigenvalue weighted by Crippen LogP contribution is -2.20. The van der Waals surface area contributed by atoms with E-state index < -0.39 is 0 Å². The second-order valence-corrected chi connectivity index (χ2v) is 3.49. The van der Waals surface area contributed by atoms with Gasteiger partial charge in [-0.1, -0.05) is 30.3 Å². The molecular weight excluding hydrogens is 188 g/mol. The van der Waals surface area contributed by atoms with Crippen LogP contribution in [0.25, 0.3) is 0 Å². The Morgan fingerprint density at radius 1 is 1.13 bits per heavy atom. The molecule has 0 bridgehead atoms. The van der Waals surface area contributed by atoms with E-state index in [1.165, 1.54) is 5.56 Å². The number of hydrogen-bond acceptors (Lipinski definition) is 3. The minimum Gasteiger partial charge on any atom is -0.328 e. The van der Waals surface area contributed by atoms with Gasteiger partial charge in [0.25, 0.3) is 0 Å². The van der Waals surface area contributed by atoms with Crippen LogP contribution in [0.1, 0.15) is 11.6 Å². The van der Waals surface area contributed by atoms with Crippen molar-refractivity contribution >= 4 is 0 Å². The molecule has 4 heteroatoms. The van der Waals surface area contributed by atoms with E-state index in [2.05, 4.69) is 22.3 Å². The van der Waals surface area contributed by atoms with Gasteiger partial charge in [0, 0.05) is 6.54 Å². The predicted octanol–water partition coefficient (Wildman–Crippen LogP) is 1.02. The van der Waals surface area contributed by atoms with E-state index >= 15 is 0 Å². The molecule has 78 valence electrons. The fourth-order valence-corrected chi connectivity index (χ4v) is 1.59. The Kier molecular flexibility index (Phi) is 3.09. The summed E-state index contributed by atoms with van der Waals surface area (Å²) in [6.45, 7) is 0.590. The lowest BCUT2D eigenvalue weighted by atomic mass is 10.1. The van der Waals surface area contributed by atoms with Crippen LogP contribution in [0.5, 0.6) is 0 Å². The summed E-state index contributed by atoms with van der Waals surface area (Å²) < 4.78 is 1.95. The van der Waals surface area contributed by atoms with Gasteiger partial charge in [0.05, 0.1) is 6.04 Å². The second kappa shape index (κ2) is 4.70. The zero-order valence-corrected chi connectivity index (χ0v) is 8.45. The molecule has 0 amide bonds. The highest BCUT2D eigenvalue weighted by Crippen LogP contribution is 2.11. The highest BCUT2D eigenvalue weighted by atomic mass is 15.2. The molecule has 0 saturated heterocycles. The first-order valence-corrected chi connectivity index (χ1v) is 4.98. The Bertz CT molecular complexity index is 382. The Labute approximate surface area is 88.8 Å². The molecule has 1 heterocycles. The van der Waals surface area contributed by atoms with Crippen molar-refractivity contribution in [1.82, 2.24) is 14.8 Å².